The predicted molar refractivity (Wildman–Crippen MR) is 89.7 cm³/mol. The molecule has 1 fully saturated rings. The Morgan fingerprint density at radius 2 is 2.33 bits per heavy atom. The first-order valence-electron chi connectivity index (χ1n) is 7.94. The van der Waals surface area contributed by atoms with Gasteiger partial charge in [0, 0.05) is 17.1 Å². The van der Waals surface area contributed by atoms with Crippen molar-refractivity contribution >= 4 is 23.6 Å². The van der Waals surface area contributed by atoms with Crippen LogP contribution in [-0.4, -0.2) is 39.1 Å². The molecule has 1 saturated heterocycles. The van der Waals surface area contributed by atoms with Crippen molar-refractivity contribution in [2.24, 2.45) is 0 Å². The molecular formula is C17H17ClN4O2. The zero-order chi connectivity index (χ0) is 16.7. The number of hydrogen-bond acceptors (Lipinski definition) is 4. The van der Waals surface area contributed by atoms with Crippen LogP contribution < -0.4 is 4.74 Å². The van der Waals surface area contributed by atoms with Crippen LogP contribution in [0.5, 0.6) is 5.75 Å². The topological polar surface area (TPSA) is 71.1 Å². The minimum Gasteiger partial charge on any atom is -0.488 e. The first-order valence-corrected chi connectivity index (χ1v) is 8.32. The Kier molecular flexibility index (Phi) is 3.76. The van der Waals surface area contributed by atoms with E-state index in [2.05, 4.69) is 15.2 Å². The molecule has 0 unspecified atom stereocenters. The summed E-state index contributed by atoms with van der Waals surface area (Å²) in [7, 11) is 0. The third-order valence-corrected chi connectivity index (χ3v) is 4.62. The van der Waals surface area contributed by atoms with Gasteiger partial charge in [0.1, 0.15) is 18.2 Å². The highest BCUT2D eigenvalue weighted by atomic mass is 35.5. The number of aromatic nitrogens is 3. The van der Waals surface area contributed by atoms with E-state index in [0.717, 1.165) is 30.0 Å². The Bertz CT molecular complexity index is 830. The summed E-state index contributed by atoms with van der Waals surface area (Å²) in [5, 5.41) is 7.70. The molecule has 1 amide bonds. The fraction of sp³-hybridized carbons (Fsp3) is 0.353. The maximum absolute atomic E-state index is 13.0. The number of halogens is 1. The van der Waals surface area contributed by atoms with Gasteiger partial charge in [-0.05, 0) is 44.0 Å². The van der Waals surface area contributed by atoms with Gasteiger partial charge in [0.15, 0.2) is 5.82 Å². The molecule has 6 nitrogen and oxygen atoms in total. The number of benzene rings is 1. The highest BCUT2D eigenvalue weighted by Crippen LogP contribution is 2.34. The van der Waals surface area contributed by atoms with Crippen molar-refractivity contribution in [3.05, 3.63) is 46.0 Å². The summed E-state index contributed by atoms with van der Waals surface area (Å²) in [4.78, 5) is 19.2. The van der Waals surface area contributed by atoms with Crippen LogP contribution in [0.1, 0.15) is 36.1 Å². The SMILES string of the molecule is Cc1nc([C@H]2CCCN2C(=O)C2=Cc3cc(Cl)ccc3OC2)n[nH]1. The number of carbonyl (C=O) groups excluding carboxylic acids is 1. The number of aryl methyl sites for hydroxylation is 1. The lowest BCUT2D eigenvalue weighted by atomic mass is 10.1. The first-order chi connectivity index (χ1) is 11.6. The minimum atomic E-state index is -0.0795. The first kappa shape index (κ1) is 15.2. The van der Waals surface area contributed by atoms with E-state index in [1.165, 1.54) is 0 Å². The number of carbonyl (C=O) groups is 1. The fourth-order valence-corrected chi connectivity index (χ4v) is 3.42. The number of rotatable bonds is 2. The third kappa shape index (κ3) is 2.67. The van der Waals surface area contributed by atoms with E-state index in [1.807, 2.05) is 30.0 Å². The zero-order valence-electron chi connectivity index (χ0n) is 13.3. The summed E-state index contributed by atoms with van der Waals surface area (Å²) in [6.45, 7) is 2.83. The van der Waals surface area contributed by atoms with E-state index in [-0.39, 0.29) is 18.6 Å². The van der Waals surface area contributed by atoms with Crippen LogP contribution in [0.25, 0.3) is 6.08 Å². The summed E-state index contributed by atoms with van der Waals surface area (Å²) in [5.41, 5.74) is 1.46. The van der Waals surface area contributed by atoms with Crippen LogP contribution in [-0.2, 0) is 4.79 Å². The Morgan fingerprint density at radius 3 is 3.12 bits per heavy atom. The van der Waals surface area contributed by atoms with Crippen molar-refractivity contribution in [3.63, 3.8) is 0 Å². The number of H-pyrrole nitrogens is 1. The van der Waals surface area contributed by atoms with E-state index in [1.54, 1.807) is 6.07 Å². The summed E-state index contributed by atoms with van der Waals surface area (Å²) in [6.07, 6.45) is 3.69. The van der Waals surface area contributed by atoms with Crippen LogP contribution in [0.4, 0.5) is 0 Å². The molecule has 1 aromatic carbocycles. The maximum atomic E-state index is 13.0. The Balaban J connectivity index is 1.61. The highest BCUT2D eigenvalue weighted by molar-refractivity contribution is 6.30. The molecule has 124 valence electrons. The molecule has 1 aromatic heterocycles. The van der Waals surface area contributed by atoms with Crippen molar-refractivity contribution in [2.45, 2.75) is 25.8 Å². The van der Waals surface area contributed by atoms with Crippen LogP contribution in [0.15, 0.2) is 23.8 Å². The van der Waals surface area contributed by atoms with Gasteiger partial charge in [-0.1, -0.05) is 11.6 Å². The van der Waals surface area contributed by atoms with Crippen molar-refractivity contribution in [1.29, 1.82) is 0 Å². The van der Waals surface area contributed by atoms with Crippen LogP contribution in [0.3, 0.4) is 0 Å². The average molecular weight is 345 g/mol. The molecule has 24 heavy (non-hydrogen) atoms. The van der Waals surface area contributed by atoms with Gasteiger partial charge in [-0.25, -0.2) is 4.98 Å². The highest BCUT2D eigenvalue weighted by Gasteiger charge is 2.34. The molecule has 0 bridgehead atoms. The molecule has 4 rings (SSSR count). The van der Waals surface area contributed by atoms with Crippen molar-refractivity contribution in [2.75, 3.05) is 13.2 Å². The monoisotopic (exact) mass is 344 g/mol. The lowest BCUT2D eigenvalue weighted by Gasteiger charge is -2.26. The summed E-state index contributed by atoms with van der Waals surface area (Å²) in [6, 6.07) is 5.33. The zero-order valence-corrected chi connectivity index (χ0v) is 14.0. The quantitative estimate of drug-likeness (QED) is 0.909. The minimum absolute atomic E-state index is 0.0226. The van der Waals surface area contributed by atoms with Gasteiger partial charge in [-0.2, -0.15) is 5.10 Å². The van der Waals surface area contributed by atoms with E-state index in [9.17, 15) is 4.79 Å². The van der Waals surface area contributed by atoms with Gasteiger partial charge in [0.05, 0.1) is 11.6 Å². The van der Waals surface area contributed by atoms with Crippen LogP contribution >= 0.6 is 11.6 Å². The van der Waals surface area contributed by atoms with Crippen LogP contribution in [0, 0.1) is 6.92 Å². The molecular weight excluding hydrogens is 328 g/mol. The molecule has 2 aliphatic heterocycles. The molecule has 1 atom stereocenters. The van der Waals surface area contributed by atoms with Gasteiger partial charge in [0.2, 0.25) is 0 Å². The van der Waals surface area contributed by atoms with Crippen LogP contribution in [0.2, 0.25) is 5.02 Å². The lowest BCUT2D eigenvalue weighted by Crippen LogP contribution is -2.34. The summed E-state index contributed by atoms with van der Waals surface area (Å²) >= 11 is 6.04. The number of nitrogens with zero attached hydrogens (tertiary/aromatic N) is 3. The number of amides is 1. The van der Waals surface area contributed by atoms with Crippen molar-refractivity contribution in [3.8, 4) is 5.75 Å². The number of hydrogen-bond donors (Lipinski definition) is 1. The van der Waals surface area contributed by atoms with E-state index >= 15 is 0 Å². The predicted octanol–water partition coefficient (Wildman–Crippen LogP) is 2.91. The number of fused-ring (bicyclic) bond motifs is 1. The molecule has 3 heterocycles. The van der Waals surface area contributed by atoms with Gasteiger partial charge < -0.3 is 9.64 Å². The molecule has 0 spiro atoms. The maximum Gasteiger partial charge on any atom is 0.253 e. The molecule has 2 aliphatic rings. The third-order valence-electron chi connectivity index (χ3n) is 4.39. The molecule has 7 heteroatoms. The van der Waals surface area contributed by atoms with Gasteiger partial charge >= 0.3 is 0 Å². The second-order valence-electron chi connectivity index (χ2n) is 6.08. The molecule has 0 radical (unpaired) electrons. The lowest BCUT2D eigenvalue weighted by molar-refractivity contribution is -0.128. The standard InChI is InChI=1S/C17H17ClN4O2/c1-10-19-16(21-20-10)14-3-2-6-22(14)17(23)12-7-11-8-13(18)4-5-15(11)24-9-12/h4-5,7-8,14H,2-3,6,9H2,1H3,(H,19,20,21)/t14-/m1/s1. The van der Waals surface area contributed by atoms with E-state index < -0.39 is 0 Å². The Morgan fingerprint density at radius 1 is 1.46 bits per heavy atom. The Labute approximate surface area is 144 Å². The fourth-order valence-electron chi connectivity index (χ4n) is 3.24. The second kappa shape index (κ2) is 5.94. The smallest absolute Gasteiger partial charge is 0.253 e. The largest absolute Gasteiger partial charge is 0.488 e. The molecule has 0 aliphatic carbocycles. The number of aromatic amines is 1. The summed E-state index contributed by atoms with van der Waals surface area (Å²) in [5.74, 6) is 2.16. The number of ether oxygens (including phenoxy) is 1. The summed E-state index contributed by atoms with van der Waals surface area (Å²) < 4.78 is 5.70. The number of nitrogens with one attached hydrogen (secondary N) is 1. The molecule has 1 N–H and O–H groups in total. The van der Waals surface area contributed by atoms with Gasteiger partial charge in [0.25, 0.3) is 5.91 Å². The number of likely N-dealkylation sites (tertiary alicyclic amines) is 1. The molecule has 0 saturated carbocycles. The van der Waals surface area contributed by atoms with E-state index in [4.69, 9.17) is 16.3 Å². The normalized spacial score (nSPS) is 19.7. The molecule has 2 aromatic rings. The van der Waals surface area contributed by atoms with Gasteiger partial charge in [-0.15, -0.1) is 0 Å². The second-order valence-corrected chi connectivity index (χ2v) is 6.51. The van der Waals surface area contributed by atoms with Crippen molar-refractivity contribution in [1.82, 2.24) is 20.1 Å². The van der Waals surface area contributed by atoms with E-state index in [0.29, 0.717) is 23.0 Å². The average Bonchev–Trinajstić information content (AvgIpc) is 3.22. The van der Waals surface area contributed by atoms with Crippen molar-refractivity contribution < 1.29 is 9.53 Å². The van der Waals surface area contributed by atoms with Gasteiger partial charge in [-0.3, -0.25) is 9.89 Å². The Hall–Kier alpha value is -2.34.